The average Bonchev–Trinajstić information content (AvgIpc) is 2.56. The molecular weight excluding hydrogens is 272 g/mol. The minimum atomic E-state index is -1.69. The summed E-state index contributed by atoms with van der Waals surface area (Å²) in [5.74, 6) is -0.564. The van der Waals surface area contributed by atoms with Gasteiger partial charge in [-0.2, -0.15) is 0 Å². The van der Waals surface area contributed by atoms with Gasteiger partial charge in [0, 0.05) is 11.8 Å². The quantitative estimate of drug-likeness (QED) is 0.482. The molecule has 1 aromatic carbocycles. The van der Waals surface area contributed by atoms with Crippen LogP contribution in [0.4, 0.5) is 0 Å². The fourth-order valence-electron chi connectivity index (χ4n) is 1.62. The first kappa shape index (κ1) is 13.0. The number of amides is 1. The first-order chi connectivity index (χ1) is 8.45. The average molecular weight is 282 g/mol. The van der Waals surface area contributed by atoms with Crippen LogP contribution in [0, 0.1) is 10.1 Å². The smallest absolute Gasteiger partial charge is 0.286 e. The number of hydrogen-bond donors (Lipinski definition) is 0. The highest BCUT2D eigenvalue weighted by Gasteiger charge is 2.57. The predicted molar refractivity (Wildman–Crippen MR) is 72.6 cm³/mol. The van der Waals surface area contributed by atoms with E-state index in [1.165, 1.54) is 11.8 Å². The van der Waals surface area contributed by atoms with Gasteiger partial charge in [-0.3, -0.25) is 19.8 Å². The van der Waals surface area contributed by atoms with Crippen LogP contribution in [0.3, 0.4) is 0 Å². The summed E-state index contributed by atoms with van der Waals surface area (Å²) in [6.07, 6.45) is 0. The number of carbonyl (C=O) groups excluding carboxylic acids is 1. The second kappa shape index (κ2) is 4.66. The Morgan fingerprint density at radius 3 is 2.56 bits per heavy atom. The fourth-order valence-corrected chi connectivity index (χ4v) is 3.12. The van der Waals surface area contributed by atoms with Crippen LogP contribution < -0.4 is 0 Å². The maximum atomic E-state index is 12.1. The van der Waals surface area contributed by atoms with Gasteiger partial charge in [0.15, 0.2) is 4.32 Å². The lowest BCUT2D eigenvalue weighted by Gasteiger charge is -2.15. The van der Waals surface area contributed by atoms with E-state index in [1.54, 1.807) is 0 Å². The molecule has 1 aliphatic heterocycles. The third kappa shape index (κ3) is 2.11. The number of benzene rings is 1. The molecule has 1 saturated heterocycles. The van der Waals surface area contributed by atoms with Crippen molar-refractivity contribution in [3.8, 4) is 0 Å². The molecule has 0 spiro atoms. The topological polar surface area (TPSA) is 63.5 Å². The van der Waals surface area contributed by atoms with Crippen LogP contribution in [0.25, 0.3) is 0 Å². The molecule has 2 rings (SSSR count). The van der Waals surface area contributed by atoms with Gasteiger partial charge in [0.05, 0.1) is 6.54 Å². The van der Waals surface area contributed by atoms with Crippen molar-refractivity contribution in [2.24, 2.45) is 0 Å². The summed E-state index contributed by atoms with van der Waals surface area (Å²) in [7, 11) is 0. The Labute approximate surface area is 113 Å². The minimum Gasteiger partial charge on any atom is -0.286 e. The van der Waals surface area contributed by atoms with Gasteiger partial charge in [-0.1, -0.05) is 42.5 Å². The van der Waals surface area contributed by atoms with Crippen LogP contribution in [0.2, 0.25) is 0 Å². The van der Waals surface area contributed by atoms with E-state index in [9.17, 15) is 14.9 Å². The van der Waals surface area contributed by atoms with Gasteiger partial charge in [-0.15, -0.1) is 0 Å². The molecule has 7 heteroatoms. The second-order valence-electron chi connectivity index (χ2n) is 3.98. The molecule has 1 fully saturated rings. The molecule has 1 aromatic rings. The van der Waals surface area contributed by atoms with Gasteiger partial charge in [0.1, 0.15) is 0 Å². The Morgan fingerprint density at radius 2 is 2.06 bits per heavy atom. The Balaban J connectivity index is 2.23. The summed E-state index contributed by atoms with van der Waals surface area (Å²) in [6.45, 7) is 1.56. The van der Waals surface area contributed by atoms with Crippen LogP contribution >= 0.6 is 24.0 Å². The molecule has 0 aliphatic carbocycles. The molecule has 18 heavy (non-hydrogen) atoms. The van der Waals surface area contributed by atoms with Gasteiger partial charge < -0.3 is 0 Å². The highest BCUT2D eigenvalue weighted by molar-refractivity contribution is 8.24. The van der Waals surface area contributed by atoms with Gasteiger partial charge in [0.25, 0.3) is 0 Å². The van der Waals surface area contributed by atoms with Crippen molar-refractivity contribution in [3.63, 3.8) is 0 Å². The molecule has 1 heterocycles. The molecule has 1 unspecified atom stereocenters. The molecule has 5 nitrogen and oxygen atoms in total. The monoisotopic (exact) mass is 282 g/mol. The molecular formula is C11H10N2O3S2. The number of nitrogens with zero attached hydrogens (tertiary/aromatic N) is 2. The number of thiocarbonyl (C=S) groups is 1. The normalized spacial score (nSPS) is 23.5. The summed E-state index contributed by atoms with van der Waals surface area (Å²) < 4.78 is 0.253. The minimum absolute atomic E-state index is 0.253. The Hall–Kier alpha value is -1.47. The molecule has 0 aromatic heterocycles. The first-order valence-corrected chi connectivity index (χ1v) is 6.41. The van der Waals surface area contributed by atoms with E-state index in [-0.39, 0.29) is 10.9 Å². The van der Waals surface area contributed by atoms with Crippen LogP contribution in [-0.2, 0) is 11.3 Å². The third-order valence-corrected chi connectivity index (χ3v) is 4.27. The fraction of sp³-hybridized carbons (Fsp3) is 0.273. The number of hydrogen-bond acceptors (Lipinski definition) is 5. The van der Waals surface area contributed by atoms with Crippen molar-refractivity contribution in [1.82, 2.24) is 4.90 Å². The molecule has 1 amide bonds. The van der Waals surface area contributed by atoms with E-state index in [2.05, 4.69) is 0 Å². The van der Waals surface area contributed by atoms with Crippen LogP contribution in [-0.4, -0.2) is 24.9 Å². The first-order valence-electron chi connectivity index (χ1n) is 5.18. The Morgan fingerprint density at radius 1 is 1.44 bits per heavy atom. The van der Waals surface area contributed by atoms with Gasteiger partial charge in [0.2, 0.25) is 0 Å². The van der Waals surface area contributed by atoms with E-state index < -0.39 is 15.7 Å². The molecule has 94 valence electrons. The molecule has 0 bridgehead atoms. The van der Waals surface area contributed by atoms with Crippen LogP contribution in [0.1, 0.15) is 12.5 Å². The van der Waals surface area contributed by atoms with Crippen molar-refractivity contribution >= 4 is 34.2 Å². The van der Waals surface area contributed by atoms with E-state index >= 15 is 0 Å². The van der Waals surface area contributed by atoms with Gasteiger partial charge in [-0.25, -0.2) is 0 Å². The summed E-state index contributed by atoms with van der Waals surface area (Å²) >= 11 is 5.87. The number of thioether (sulfide) groups is 1. The lowest BCUT2D eigenvalue weighted by molar-refractivity contribution is -0.518. The molecule has 0 N–H and O–H groups in total. The third-order valence-electron chi connectivity index (χ3n) is 2.68. The SMILES string of the molecule is CC1([N+](=O)[O-])SC(=S)N(Cc2ccccc2)C1=O. The maximum absolute atomic E-state index is 12.1. The zero-order chi connectivity index (χ0) is 13.3. The molecule has 1 aliphatic rings. The van der Waals surface area contributed by atoms with Crippen LogP contribution in [0.15, 0.2) is 30.3 Å². The summed E-state index contributed by atoms with van der Waals surface area (Å²) in [5, 5.41) is 11.0. The summed E-state index contributed by atoms with van der Waals surface area (Å²) in [4.78, 5) is 22.0. The van der Waals surface area contributed by atoms with Crippen molar-refractivity contribution in [3.05, 3.63) is 46.0 Å². The number of rotatable bonds is 3. The highest BCUT2D eigenvalue weighted by Crippen LogP contribution is 2.38. The summed E-state index contributed by atoms with van der Waals surface area (Å²) in [5.41, 5.74) is 0.890. The molecule has 0 radical (unpaired) electrons. The molecule has 0 saturated carbocycles. The largest absolute Gasteiger partial charge is 0.348 e. The Bertz CT molecular complexity index is 520. The lowest BCUT2D eigenvalue weighted by Crippen LogP contribution is -2.42. The maximum Gasteiger partial charge on any atom is 0.348 e. The van der Waals surface area contributed by atoms with Crippen LogP contribution in [0.5, 0.6) is 0 Å². The standard InChI is InChI=1S/C11H10N2O3S2/c1-11(13(15)16)9(14)12(10(17)18-11)7-8-5-3-2-4-6-8/h2-6H,7H2,1H3. The lowest BCUT2D eigenvalue weighted by atomic mass is 10.2. The number of nitro groups is 1. The van der Waals surface area contributed by atoms with E-state index in [0.29, 0.717) is 0 Å². The van der Waals surface area contributed by atoms with E-state index in [4.69, 9.17) is 12.2 Å². The van der Waals surface area contributed by atoms with Gasteiger partial charge in [-0.05, 0) is 17.3 Å². The van der Waals surface area contributed by atoms with Crippen molar-refractivity contribution in [1.29, 1.82) is 0 Å². The highest BCUT2D eigenvalue weighted by atomic mass is 32.2. The van der Waals surface area contributed by atoms with Gasteiger partial charge >= 0.3 is 10.8 Å². The van der Waals surface area contributed by atoms with E-state index in [0.717, 1.165) is 17.3 Å². The van der Waals surface area contributed by atoms with Crippen molar-refractivity contribution in [2.45, 2.75) is 18.3 Å². The number of carbonyl (C=O) groups is 1. The zero-order valence-corrected chi connectivity index (χ0v) is 11.2. The summed E-state index contributed by atoms with van der Waals surface area (Å²) in [6, 6.07) is 9.26. The van der Waals surface area contributed by atoms with E-state index in [1.807, 2.05) is 30.3 Å². The molecule has 1 atom stereocenters. The second-order valence-corrected chi connectivity index (χ2v) is 6.02. The van der Waals surface area contributed by atoms with Crippen molar-refractivity contribution in [2.75, 3.05) is 0 Å². The zero-order valence-electron chi connectivity index (χ0n) is 9.53. The Kier molecular flexibility index (Phi) is 3.36. The van der Waals surface area contributed by atoms with Crippen molar-refractivity contribution < 1.29 is 9.72 Å². The predicted octanol–water partition coefficient (Wildman–Crippen LogP) is 2.04.